The highest BCUT2D eigenvalue weighted by molar-refractivity contribution is 7.99. The zero-order chi connectivity index (χ0) is 28.3. The van der Waals surface area contributed by atoms with Gasteiger partial charge in [-0.2, -0.15) is 0 Å². The highest BCUT2D eigenvalue weighted by Gasteiger charge is 2.47. The molecule has 0 N–H and O–H groups in total. The summed E-state index contributed by atoms with van der Waals surface area (Å²) >= 11 is 8.21. The van der Waals surface area contributed by atoms with Gasteiger partial charge in [-0.25, -0.2) is 0 Å². The Morgan fingerprint density at radius 3 is 2.21 bits per heavy atom. The van der Waals surface area contributed by atoms with E-state index in [1.54, 1.807) is 0 Å². The molecule has 0 spiro atoms. The van der Waals surface area contributed by atoms with Crippen molar-refractivity contribution in [3.63, 3.8) is 0 Å². The smallest absolute Gasteiger partial charge is 0.323 e. The molecule has 0 saturated carbocycles. The van der Waals surface area contributed by atoms with Gasteiger partial charge in [-0.05, 0) is 67.6 Å². The SMILES string of the molecule is CCCC(CCc1ccc(Sc2cc(OCC)ccc2OCc2ccccc2)cc1Cl)(C(=O)OC)C(=O)OC. The van der Waals surface area contributed by atoms with Crippen molar-refractivity contribution >= 4 is 35.3 Å². The minimum Gasteiger partial charge on any atom is -0.494 e. The van der Waals surface area contributed by atoms with Gasteiger partial charge in [-0.3, -0.25) is 9.59 Å². The van der Waals surface area contributed by atoms with Gasteiger partial charge in [-0.1, -0.05) is 73.1 Å². The molecule has 6 nitrogen and oxygen atoms in total. The van der Waals surface area contributed by atoms with Crippen LogP contribution in [-0.4, -0.2) is 32.8 Å². The van der Waals surface area contributed by atoms with Crippen LogP contribution < -0.4 is 9.47 Å². The summed E-state index contributed by atoms with van der Waals surface area (Å²) in [5.41, 5.74) is 0.547. The molecular formula is C31H35ClO6S. The monoisotopic (exact) mass is 570 g/mol. The van der Waals surface area contributed by atoms with Crippen molar-refractivity contribution in [1.82, 2.24) is 0 Å². The molecule has 0 radical (unpaired) electrons. The van der Waals surface area contributed by atoms with E-state index < -0.39 is 17.4 Å². The van der Waals surface area contributed by atoms with Crippen LogP contribution in [0.25, 0.3) is 0 Å². The number of halogens is 1. The predicted octanol–water partition coefficient (Wildman–Crippen LogP) is 7.53. The summed E-state index contributed by atoms with van der Waals surface area (Å²) in [5.74, 6) is 0.328. The first-order valence-corrected chi connectivity index (χ1v) is 14.1. The Kier molecular flexibility index (Phi) is 11.6. The molecule has 3 aromatic carbocycles. The van der Waals surface area contributed by atoms with Gasteiger partial charge >= 0.3 is 11.9 Å². The molecule has 39 heavy (non-hydrogen) atoms. The van der Waals surface area contributed by atoms with Crippen molar-refractivity contribution in [2.75, 3.05) is 20.8 Å². The van der Waals surface area contributed by atoms with E-state index in [9.17, 15) is 9.59 Å². The van der Waals surface area contributed by atoms with E-state index in [-0.39, 0.29) is 6.42 Å². The highest BCUT2D eigenvalue weighted by Crippen LogP contribution is 2.40. The van der Waals surface area contributed by atoms with Crippen LogP contribution in [0, 0.1) is 5.41 Å². The second kappa shape index (κ2) is 14.8. The first-order chi connectivity index (χ1) is 18.9. The molecule has 3 aromatic rings. The van der Waals surface area contributed by atoms with Crippen molar-refractivity contribution in [2.24, 2.45) is 5.41 Å². The number of carbonyl (C=O) groups is 2. The molecule has 0 aliphatic heterocycles. The van der Waals surface area contributed by atoms with Gasteiger partial charge in [0.15, 0.2) is 5.41 Å². The Hall–Kier alpha value is -3.16. The third-order valence-electron chi connectivity index (χ3n) is 6.37. The summed E-state index contributed by atoms with van der Waals surface area (Å²) in [7, 11) is 2.57. The Morgan fingerprint density at radius 1 is 0.872 bits per heavy atom. The van der Waals surface area contributed by atoms with Crippen LogP contribution in [0.15, 0.2) is 76.5 Å². The molecule has 0 aliphatic rings. The predicted molar refractivity (Wildman–Crippen MR) is 154 cm³/mol. The van der Waals surface area contributed by atoms with Crippen LogP contribution >= 0.6 is 23.4 Å². The number of hydrogen-bond donors (Lipinski definition) is 0. The summed E-state index contributed by atoms with van der Waals surface area (Å²) in [6.45, 7) is 4.87. The van der Waals surface area contributed by atoms with Crippen LogP contribution in [0.3, 0.4) is 0 Å². The third kappa shape index (κ3) is 7.93. The van der Waals surface area contributed by atoms with E-state index in [0.717, 1.165) is 32.4 Å². The summed E-state index contributed by atoms with van der Waals surface area (Å²) in [6.07, 6.45) is 1.61. The summed E-state index contributed by atoms with van der Waals surface area (Å²) in [5, 5.41) is 0.549. The van der Waals surface area contributed by atoms with E-state index in [1.807, 2.05) is 80.6 Å². The van der Waals surface area contributed by atoms with Crippen LogP contribution in [0.4, 0.5) is 0 Å². The average Bonchev–Trinajstić information content (AvgIpc) is 2.95. The summed E-state index contributed by atoms with van der Waals surface area (Å²) in [6, 6.07) is 21.5. The highest BCUT2D eigenvalue weighted by atomic mass is 35.5. The number of ether oxygens (including phenoxy) is 4. The zero-order valence-electron chi connectivity index (χ0n) is 22.8. The normalized spacial score (nSPS) is 11.1. The number of benzene rings is 3. The molecule has 0 fully saturated rings. The van der Waals surface area contributed by atoms with Gasteiger partial charge in [0.05, 0.1) is 25.7 Å². The van der Waals surface area contributed by atoms with E-state index in [2.05, 4.69) is 0 Å². The van der Waals surface area contributed by atoms with E-state index in [1.165, 1.54) is 26.0 Å². The Morgan fingerprint density at radius 2 is 1.59 bits per heavy atom. The number of hydrogen-bond acceptors (Lipinski definition) is 7. The van der Waals surface area contributed by atoms with Crippen LogP contribution in [0.2, 0.25) is 5.02 Å². The molecule has 0 amide bonds. The second-order valence-electron chi connectivity index (χ2n) is 8.99. The van der Waals surface area contributed by atoms with Crippen LogP contribution in [-0.2, 0) is 32.1 Å². The molecule has 0 bridgehead atoms. The first-order valence-electron chi connectivity index (χ1n) is 12.9. The van der Waals surface area contributed by atoms with Crippen molar-refractivity contribution in [2.45, 2.75) is 55.9 Å². The number of esters is 2. The minimum atomic E-state index is -1.36. The van der Waals surface area contributed by atoms with E-state index in [0.29, 0.717) is 37.5 Å². The average molecular weight is 571 g/mol. The molecule has 0 heterocycles. The zero-order valence-corrected chi connectivity index (χ0v) is 24.4. The lowest BCUT2D eigenvalue weighted by atomic mass is 9.78. The molecule has 208 valence electrons. The van der Waals surface area contributed by atoms with Gasteiger partial charge in [0.1, 0.15) is 18.1 Å². The fourth-order valence-corrected chi connectivity index (χ4v) is 5.69. The lowest BCUT2D eigenvalue weighted by Crippen LogP contribution is -2.41. The lowest BCUT2D eigenvalue weighted by molar-refractivity contribution is -0.170. The van der Waals surface area contributed by atoms with Crippen molar-refractivity contribution in [1.29, 1.82) is 0 Å². The molecule has 0 aliphatic carbocycles. The minimum absolute atomic E-state index is 0.236. The molecule has 0 saturated heterocycles. The maximum Gasteiger partial charge on any atom is 0.323 e. The molecular weight excluding hydrogens is 536 g/mol. The Labute approximate surface area is 239 Å². The topological polar surface area (TPSA) is 71.1 Å². The maximum atomic E-state index is 12.7. The van der Waals surface area contributed by atoms with Crippen LogP contribution in [0.5, 0.6) is 11.5 Å². The number of carbonyl (C=O) groups excluding carboxylic acids is 2. The number of methoxy groups -OCH3 is 2. The standard InChI is InChI=1S/C31H35ClO6S/c1-5-17-31(29(33)35-3,30(34)36-4)18-16-23-12-14-25(20-26(23)32)39-28-19-24(37-6-2)13-15-27(28)38-21-22-10-8-7-9-11-22/h7-15,19-20H,5-6,16-18,21H2,1-4H3. The number of aryl methyl sites for hydroxylation is 1. The van der Waals surface area contributed by atoms with Gasteiger partial charge < -0.3 is 18.9 Å². The van der Waals surface area contributed by atoms with Crippen molar-refractivity contribution in [3.8, 4) is 11.5 Å². The lowest BCUT2D eigenvalue weighted by Gasteiger charge is -2.28. The van der Waals surface area contributed by atoms with E-state index in [4.69, 9.17) is 30.5 Å². The fraction of sp³-hybridized carbons (Fsp3) is 0.355. The van der Waals surface area contributed by atoms with Crippen molar-refractivity contribution in [3.05, 3.63) is 82.9 Å². The molecule has 0 atom stereocenters. The summed E-state index contributed by atoms with van der Waals surface area (Å²) < 4.78 is 21.8. The molecule has 0 unspecified atom stereocenters. The first kappa shape index (κ1) is 30.4. The van der Waals surface area contributed by atoms with Crippen LogP contribution in [0.1, 0.15) is 44.2 Å². The Bertz CT molecular complexity index is 1230. The maximum absolute atomic E-state index is 12.7. The molecule has 8 heteroatoms. The van der Waals surface area contributed by atoms with Gasteiger partial charge in [0.25, 0.3) is 0 Å². The van der Waals surface area contributed by atoms with Gasteiger partial charge in [0, 0.05) is 9.92 Å². The largest absolute Gasteiger partial charge is 0.494 e. The number of rotatable bonds is 14. The summed E-state index contributed by atoms with van der Waals surface area (Å²) in [4.78, 5) is 27.1. The fourth-order valence-electron chi connectivity index (χ4n) is 4.38. The van der Waals surface area contributed by atoms with Gasteiger partial charge in [-0.15, -0.1) is 0 Å². The second-order valence-corrected chi connectivity index (χ2v) is 10.5. The van der Waals surface area contributed by atoms with Crippen molar-refractivity contribution < 1.29 is 28.5 Å². The molecule has 0 aromatic heterocycles. The molecule has 3 rings (SSSR count). The Balaban J connectivity index is 1.80. The van der Waals surface area contributed by atoms with Gasteiger partial charge in [0.2, 0.25) is 0 Å². The van der Waals surface area contributed by atoms with E-state index >= 15 is 0 Å². The quantitative estimate of drug-likeness (QED) is 0.146. The third-order valence-corrected chi connectivity index (χ3v) is 7.75.